The van der Waals surface area contributed by atoms with Gasteiger partial charge in [-0.25, -0.2) is 4.98 Å². The van der Waals surface area contributed by atoms with Gasteiger partial charge in [0.15, 0.2) is 0 Å². The van der Waals surface area contributed by atoms with Crippen LogP contribution in [0.25, 0.3) is 0 Å². The van der Waals surface area contributed by atoms with E-state index in [4.69, 9.17) is 10.7 Å². The number of hydrogen-bond donors (Lipinski definition) is 1. The second-order valence-electron chi connectivity index (χ2n) is 6.74. The fourth-order valence-corrected chi connectivity index (χ4v) is 2.86. The maximum Gasteiger partial charge on any atom is 0.127 e. The zero-order valence-corrected chi connectivity index (χ0v) is 13.9. The van der Waals surface area contributed by atoms with E-state index in [1.807, 2.05) is 6.07 Å². The van der Waals surface area contributed by atoms with Crippen LogP contribution in [0, 0.1) is 0 Å². The molecule has 1 heterocycles. The van der Waals surface area contributed by atoms with Gasteiger partial charge in [0.05, 0.1) is 5.69 Å². The smallest absolute Gasteiger partial charge is 0.127 e. The molecule has 0 saturated heterocycles. The van der Waals surface area contributed by atoms with E-state index in [1.165, 1.54) is 5.56 Å². The molecule has 0 fully saturated rings. The van der Waals surface area contributed by atoms with Crippen LogP contribution in [0.5, 0.6) is 0 Å². The molecule has 1 aromatic heterocycles. The molecule has 2 aromatic rings. The number of aromatic nitrogens is 2. The highest BCUT2D eigenvalue weighted by Gasteiger charge is 2.23. The highest BCUT2D eigenvalue weighted by Crippen LogP contribution is 2.28. The summed E-state index contributed by atoms with van der Waals surface area (Å²) in [4.78, 5) is 4.80. The SMILES string of the molecule is CCc1nc(CC(C)c2ccccc2)c(N)n1C(C)(C)C. The van der Waals surface area contributed by atoms with Crippen molar-refractivity contribution in [3.05, 3.63) is 47.4 Å². The first-order valence-electron chi connectivity index (χ1n) is 7.76. The molecule has 1 atom stereocenters. The lowest BCUT2D eigenvalue weighted by molar-refractivity contribution is 0.389. The summed E-state index contributed by atoms with van der Waals surface area (Å²) in [5, 5.41) is 0. The summed E-state index contributed by atoms with van der Waals surface area (Å²) in [6, 6.07) is 10.6. The van der Waals surface area contributed by atoms with E-state index in [2.05, 4.69) is 63.5 Å². The van der Waals surface area contributed by atoms with Crippen molar-refractivity contribution < 1.29 is 0 Å². The molecule has 0 bridgehead atoms. The Labute approximate surface area is 128 Å². The number of rotatable bonds is 4. The highest BCUT2D eigenvalue weighted by atomic mass is 15.2. The summed E-state index contributed by atoms with van der Waals surface area (Å²) in [6.45, 7) is 10.9. The molecule has 0 saturated carbocycles. The number of anilines is 1. The van der Waals surface area contributed by atoms with Gasteiger partial charge in [0.25, 0.3) is 0 Å². The Hall–Kier alpha value is -1.77. The van der Waals surface area contributed by atoms with Gasteiger partial charge in [-0.2, -0.15) is 0 Å². The Morgan fingerprint density at radius 3 is 2.29 bits per heavy atom. The minimum atomic E-state index is -0.0311. The zero-order valence-electron chi connectivity index (χ0n) is 13.9. The van der Waals surface area contributed by atoms with E-state index < -0.39 is 0 Å². The minimum absolute atomic E-state index is 0.0311. The first kappa shape index (κ1) is 15.6. The van der Waals surface area contributed by atoms with Crippen molar-refractivity contribution in [1.29, 1.82) is 0 Å². The van der Waals surface area contributed by atoms with E-state index >= 15 is 0 Å². The third kappa shape index (κ3) is 3.29. The van der Waals surface area contributed by atoms with Gasteiger partial charge in [0, 0.05) is 12.0 Å². The molecule has 1 aromatic carbocycles. The molecular weight excluding hydrogens is 258 g/mol. The van der Waals surface area contributed by atoms with E-state index in [0.29, 0.717) is 5.92 Å². The Morgan fingerprint density at radius 1 is 1.19 bits per heavy atom. The number of imidazole rings is 1. The number of aryl methyl sites for hydroxylation is 1. The van der Waals surface area contributed by atoms with Crippen LogP contribution in [0.2, 0.25) is 0 Å². The molecule has 114 valence electrons. The van der Waals surface area contributed by atoms with Crippen molar-refractivity contribution in [3.63, 3.8) is 0 Å². The summed E-state index contributed by atoms with van der Waals surface area (Å²) in [7, 11) is 0. The van der Waals surface area contributed by atoms with Crippen LogP contribution in [0.4, 0.5) is 5.82 Å². The van der Waals surface area contributed by atoms with Crippen LogP contribution in [-0.4, -0.2) is 9.55 Å². The van der Waals surface area contributed by atoms with Crippen molar-refractivity contribution in [2.75, 3.05) is 5.73 Å². The van der Waals surface area contributed by atoms with Gasteiger partial charge in [-0.15, -0.1) is 0 Å². The van der Waals surface area contributed by atoms with Crippen molar-refractivity contribution in [3.8, 4) is 0 Å². The summed E-state index contributed by atoms with van der Waals surface area (Å²) in [5.41, 5.74) is 8.72. The predicted octanol–water partition coefficient (Wildman–Crippen LogP) is 4.13. The molecular formula is C18H27N3. The van der Waals surface area contributed by atoms with Crippen LogP contribution < -0.4 is 5.73 Å². The van der Waals surface area contributed by atoms with E-state index in [0.717, 1.165) is 30.2 Å². The van der Waals surface area contributed by atoms with Crippen molar-refractivity contribution >= 4 is 5.82 Å². The van der Waals surface area contributed by atoms with Crippen molar-refractivity contribution in [2.45, 2.75) is 58.9 Å². The second-order valence-corrected chi connectivity index (χ2v) is 6.74. The van der Waals surface area contributed by atoms with E-state index in [-0.39, 0.29) is 5.54 Å². The number of nitrogens with two attached hydrogens (primary N) is 1. The molecule has 3 heteroatoms. The molecule has 0 spiro atoms. The van der Waals surface area contributed by atoms with Crippen molar-refractivity contribution in [2.24, 2.45) is 0 Å². The first-order valence-corrected chi connectivity index (χ1v) is 7.76. The number of nitrogen functional groups attached to an aromatic ring is 1. The fourth-order valence-electron chi connectivity index (χ4n) is 2.86. The van der Waals surface area contributed by atoms with Crippen LogP contribution in [0.1, 0.15) is 57.6 Å². The summed E-state index contributed by atoms with van der Waals surface area (Å²) < 4.78 is 2.18. The summed E-state index contributed by atoms with van der Waals surface area (Å²) >= 11 is 0. The standard InChI is InChI=1S/C18H27N3/c1-6-16-20-15(17(19)21(16)18(3,4)5)12-13(2)14-10-8-7-9-11-14/h7-11,13H,6,12,19H2,1-5H3. The third-order valence-electron chi connectivity index (χ3n) is 3.91. The molecule has 0 aliphatic carbocycles. The molecule has 1 unspecified atom stereocenters. The number of nitrogens with zero attached hydrogens (tertiary/aromatic N) is 2. The Bertz CT molecular complexity index is 591. The normalized spacial score (nSPS) is 13.4. The van der Waals surface area contributed by atoms with E-state index in [1.54, 1.807) is 0 Å². The van der Waals surface area contributed by atoms with Gasteiger partial charge >= 0.3 is 0 Å². The molecule has 3 nitrogen and oxygen atoms in total. The predicted molar refractivity (Wildman–Crippen MR) is 89.6 cm³/mol. The highest BCUT2D eigenvalue weighted by molar-refractivity contribution is 5.41. The van der Waals surface area contributed by atoms with Gasteiger partial charge in [-0.3, -0.25) is 0 Å². The van der Waals surface area contributed by atoms with Gasteiger partial charge < -0.3 is 10.3 Å². The average molecular weight is 285 g/mol. The van der Waals surface area contributed by atoms with Gasteiger partial charge in [-0.05, 0) is 38.7 Å². The van der Waals surface area contributed by atoms with E-state index in [9.17, 15) is 0 Å². The monoisotopic (exact) mass is 285 g/mol. The molecule has 0 aliphatic heterocycles. The molecule has 0 radical (unpaired) electrons. The number of benzene rings is 1. The van der Waals surface area contributed by atoms with Gasteiger partial charge in [-0.1, -0.05) is 44.2 Å². The van der Waals surface area contributed by atoms with Crippen molar-refractivity contribution in [1.82, 2.24) is 9.55 Å². The lowest BCUT2D eigenvalue weighted by Gasteiger charge is -2.25. The largest absolute Gasteiger partial charge is 0.384 e. The van der Waals surface area contributed by atoms with Gasteiger partial charge in [0.1, 0.15) is 11.6 Å². The average Bonchev–Trinajstić information content (AvgIpc) is 2.76. The topological polar surface area (TPSA) is 43.8 Å². The Balaban J connectivity index is 2.31. The third-order valence-corrected chi connectivity index (χ3v) is 3.91. The number of hydrogen-bond acceptors (Lipinski definition) is 2. The molecule has 21 heavy (non-hydrogen) atoms. The van der Waals surface area contributed by atoms with Crippen LogP contribution in [0.15, 0.2) is 30.3 Å². The van der Waals surface area contributed by atoms with Crippen LogP contribution >= 0.6 is 0 Å². The zero-order chi connectivity index (χ0) is 15.6. The Morgan fingerprint density at radius 2 is 1.81 bits per heavy atom. The maximum absolute atomic E-state index is 6.39. The summed E-state index contributed by atoms with van der Waals surface area (Å²) in [6.07, 6.45) is 1.78. The molecule has 2 rings (SSSR count). The molecule has 2 N–H and O–H groups in total. The lowest BCUT2D eigenvalue weighted by Crippen LogP contribution is -2.25. The quantitative estimate of drug-likeness (QED) is 0.918. The minimum Gasteiger partial charge on any atom is -0.384 e. The molecule has 0 aliphatic rings. The maximum atomic E-state index is 6.39. The van der Waals surface area contributed by atoms with Gasteiger partial charge in [0.2, 0.25) is 0 Å². The molecule has 0 amide bonds. The van der Waals surface area contributed by atoms with Crippen LogP contribution in [0.3, 0.4) is 0 Å². The fraction of sp³-hybridized carbons (Fsp3) is 0.500. The second kappa shape index (κ2) is 5.92. The lowest BCUT2D eigenvalue weighted by atomic mass is 9.96. The first-order chi connectivity index (χ1) is 9.84. The van der Waals surface area contributed by atoms with Crippen LogP contribution in [-0.2, 0) is 18.4 Å². The summed E-state index contributed by atoms with van der Waals surface area (Å²) in [5.74, 6) is 2.32. The Kier molecular flexibility index (Phi) is 4.40.